The zero-order valence-electron chi connectivity index (χ0n) is 18.9. The number of rotatable bonds is 8. The van der Waals surface area contributed by atoms with Gasteiger partial charge in [0, 0.05) is 24.8 Å². The maximum absolute atomic E-state index is 12.7. The molecule has 3 atom stereocenters. The van der Waals surface area contributed by atoms with E-state index in [9.17, 15) is 9.90 Å². The second-order valence-corrected chi connectivity index (χ2v) is 8.90. The van der Waals surface area contributed by atoms with Gasteiger partial charge in [0.25, 0.3) is 0 Å². The topological polar surface area (TPSA) is 65.0 Å². The third kappa shape index (κ3) is 6.61. The first kappa shape index (κ1) is 23.5. The molecule has 1 aromatic rings. The average molecular weight is 406 g/mol. The van der Waals surface area contributed by atoms with E-state index in [-0.39, 0.29) is 30.7 Å². The summed E-state index contributed by atoms with van der Waals surface area (Å²) in [5, 5.41) is 13.8. The van der Waals surface area contributed by atoms with Crippen LogP contribution in [0.3, 0.4) is 0 Å². The van der Waals surface area contributed by atoms with Crippen LogP contribution in [-0.4, -0.2) is 59.4 Å². The Labute approximate surface area is 176 Å². The average Bonchev–Trinajstić information content (AvgIpc) is 2.70. The third-order valence-electron chi connectivity index (χ3n) is 5.79. The summed E-state index contributed by atoms with van der Waals surface area (Å²) in [4.78, 5) is 16.5. The number of benzene rings is 1. The molecular weight excluding hydrogens is 366 g/mol. The Kier molecular flexibility index (Phi) is 8.78. The van der Waals surface area contributed by atoms with Gasteiger partial charge in [-0.1, -0.05) is 38.8 Å². The summed E-state index contributed by atoms with van der Waals surface area (Å²) in [6.07, 6.45) is 3.31. The van der Waals surface area contributed by atoms with Gasteiger partial charge >= 0.3 is 6.09 Å². The number of carbonyl (C=O) groups excluding carboxylic acids is 1. The first-order chi connectivity index (χ1) is 13.7. The molecule has 2 N–H and O–H groups in total. The molecule has 1 fully saturated rings. The van der Waals surface area contributed by atoms with Gasteiger partial charge in [-0.05, 0) is 57.4 Å². The van der Waals surface area contributed by atoms with Gasteiger partial charge in [0.05, 0.1) is 6.04 Å². The van der Waals surface area contributed by atoms with Crippen LogP contribution in [0, 0.1) is 5.92 Å². The second kappa shape index (κ2) is 10.8. The van der Waals surface area contributed by atoms with Crippen LogP contribution in [0.1, 0.15) is 58.9 Å². The Balaban J connectivity index is 1.95. The van der Waals surface area contributed by atoms with Crippen LogP contribution in [0.4, 0.5) is 10.5 Å². The van der Waals surface area contributed by atoms with Crippen molar-refractivity contribution in [1.29, 1.82) is 0 Å². The van der Waals surface area contributed by atoms with E-state index in [1.165, 1.54) is 0 Å². The minimum Gasteiger partial charge on any atom is -0.445 e. The number of carbonyl (C=O) groups is 1. The van der Waals surface area contributed by atoms with Gasteiger partial charge in [-0.3, -0.25) is 4.90 Å². The van der Waals surface area contributed by atoms with Crippen molar-refractivity contribution in [2.24, 2.45) is 5.92 Å². The molecule has 1 saturated carbocycles. The predicted molar refractivity (Wildman–Crippen MR) is 118 cm³/mol. The molecule has 1 amide bonds. The fourth-order valence-corrected chi connectivity index (χ4v) is 4.10. The predicted octanol–water partition coefficient (Wildman–Crippen LogP) is 4.29. The highest BCUT2D eigenvalue weighted by Crippen LogP contribution is 2.28. The normalized spacial score (nSPS) is 20.8. The summed E-state index contributed by atoms with van der Waals surface area (Å²) >= 11 is 0. The highest BCUT2D eigenvalue weighted by Gasteiger charge is 2.36. The van der Waals surface area contributed by atoms with Crippen molar-refractivity contribution < 1.29 is 14.6 Å². The second-order valence-electron chi connectivity index (χ2n) is 8.90. The lowest BCUT2D eigenvalue weighted by Gasteiger charge is -2.44. The van der Waals surface area contributed by atoms with Crippen LogP contribution in [0.2, 0.25) is 0 Å². The number of aliphatic hydroxyl groups is 1. The van der Waals surface area contributed by atoms with Crippen LogP contribution in [-0.2, 0) is 11.3 Å². The molecule has 29 heavy (non-hydrogen) atoms. The van der Waals surface area contributed by atoms with Crippen molar-refractivity contribution in [2.75, 3.05) is 19.4 Å². The number of nitrogens with zero attached hydrogens (tertiary/aromatic N) is 2. The highest BCUT2D eigenvalue weighted by atomic mass is 16.6. The molecule has 2 rings (SSSR count). The van der Waals surface area contributed by atoms with Crippen molar-refractivity contribution in [3.05, 3.63) is 29.8 Å². The van der Waals surface area contributed by atoms with Crippen LogP contribution in [0.15, 0.2) is 24.3 Å². The third-order valence-corrected chi connectivity index (χ3v) is 5.79. The highest BCUT2D eigenvalue weighted by molar-refractivity contribution is 5.67. The Morgan fingerprint density at radius 2 is 1.69 bits per heavy atom. The van der Waals surface area contributed by atoms with Crippen LogP contribution < -0.4 is 5.32 Å². The molecule has 3 unspecified atom stereocenters. The molecular formula is C23H39N3O3. The van der Waals surface area contributed by atoms with Crippen molar-refractivity contribution in [1.82, 2.24) is 9.80 Å². The molecule has 164 valence electrons. The van der Waals surface area contributed by atoms with Gasteiger partial charge in [-0.2, -0.15) is 0 Å². The molecule has 6 heteroatoms. The number of likely N-dealkylation sites (N-methyl/N-ethyl adjacent to an activating group) is 2. The number of anilines is 1. The number of amides is 1. The lowest BCUT2D eigenvalue weighted by Crippen LogP contribution is -2.56. The molecule has 0 radical (unpaired) electrons. The molecule has 0 spiro atoms. The van der Waals surface area contributed by atoms with Crippen molar-refractivity contribution >= 4 is 11.8 Å². The van der Waals surface area contributed by atoms with Gasteiger partial charge < -0.3 is 20.1 Å². The van der Waals surface area contributed by atoms with E-state index < -0.39 is 6.23 Å². The minimum atomic E-state index is -0.511. The molecule has 0 saturated heterocycles. The zero-order chi connectivity index (χ0) is 21.6. The standard InChI is InChI=1S/C23H39N3O3/c1-16(2)22(27)25(5)20-9-7-8-10-21(20)26(6)23(28)29-15-18-11-13-19(14-12-18)24-17(3)4/h11-14,16-17,20-22,24,27H,7-10,15H2,1-6H3. The summed E-state index contributed by atoms with van der Waals surface area (Å²) in [5.74, 6) is 0.146. The molecule has 1 aliphatic rings. The number of nitrogens with one attached hydrogen (secondary N) is 1. The van der Waals surface area contributed by atoms with Crippen molar-refractivity contribution in [2.45, 2.75) is 84.3 Å². The summed E-state index contributed by atoms with van der Waals surface area (Å²) in [6, 6.07) is 8.54. The van der Waals surface area contributed by atoms with Crippen LogP contribution >= 0.6 is 0 Å². The van der Waals surface area contributed by atoms with Gasteiger partial charge in [0.2, 0.25) is 0 Å². The van der Waals surface area contributed by atoms with Crippen LogP contribution in [0.5, 0.6) is 0 Å². The summed E-state index contributed by atoms with van der Waals surface area (Å²) in [5.41, 5.74) is 2.03. The molecule has 1 aliphatic carbocycles. The van der Waals surface area contributed by atoms with E-state index in [2.05, 4.69) is 19.2 Å². The SMILES string of the molecule is CC(C)Nc1ccc(COC(=O)N(C)C2CCCCC2N(C)C(O)C(C)C)cc1. The van der Waals surface area contributed by atoms with Gasteiger partial charge in [-0.15, -0.1) is 0 Å². The van der Waals surface area contributed by atoms with E-state index in [1.807, 2.05) is 57.1 Å². The fourth-order valence-electron chi connectivity index (χ4n) is 4.10. The molecule has 0 aromatic heterocycles. The van der Waals surface area contributed by atoms with Gasteiger partial charge in [0.1, 0.15) is 12.8 Å². The largest absolute Gasteiger partial charge is 0.445 e. The lowest BCUT2D eigenvalue weighted by atomic mass is 9.88. The molecule has 1 aromatic carbocycles. The molecule has 0 aliphatic heterocycles. The number of hydrogen-bond acceptors (Lipinski definition) is 5. The van der Waals surface area contributed by atoms with Crippen molar-refractivity contribution in [3.8, 4) is 0 Å². The van der Waals surface area contributed by atoms with Gasteiger partial charge in [0.15, 0.2) is 0 Å². The zero-order valence-corrected chi connectivity index (χ0v) is 18.9. The Morgan fingerprint density at radius 3 is 2.24 bits per heavy atom. The van der Waals surface area contributed by atoms with E-state index in [4.69, 9.17) is 4.74 Å². The van der Waals surface area contributed by atoms with E-state index in [1.54, 1.807) is 4.90 Å². The van der Waals surface area contributed by atoms with Gasteiger partial charge in [-0.25, -0.2) is 4.79 Å². The van der Waals surface area contributed by atoms with Crippen LogP contribution in [0.25, 0.3) is 0 Å². The fraction of sp³-hybridized carbons (Fsp3) is 0.696. The quantitative estimate of drug-likeness (QED) is 0.632. The number of aliphatic hydroxyl groups excluding tert-OH is 1. The summed E-state index contributed by atoms with van der Waals surface area (Å²) < 4.78 is 5.59. The Bertz CT molecular complexity index is 633. The lowest BCUT2D eigenvalue weighted by molar-refractivity contribution is -0.0649. The molecule has 6 nitrogen and oxygen atoms in total. The number of hydrogen-bond donors (Lipinski definition) is 2. The van der Waals surface area contributed by atoms with Crippen molar-refractivity contribution in [3.63, 3.8) is 0 Å². The van der Waals surface area contributed by atoms with E-state index in [0.29, 0.717) is 6.04 Å². The smallest absolute Gasteiger partial charge is 0.410 e. The summed E-state index contributed by atoms with van der Waals surface area (Å²) in [7, 11) is 3.77. The Hall–Kier alpha value is -1.79. The summed E-state index contributed by atoms with van der Waals surface area (Å²) in [6.45, 7) is 8.48. The van der Waals surface area contributed by atoms with E-state index in [0.717, 1.165) is 36.9 Å². The monoisotopic (exact) mass is 405 g/mol. The maximum Gasteiger partial charge on any atom is 0.410 e. The molecule has 0 bridgehead atoms. The Morgan fingerprint density at radius 1 is 1.10 bits per heavy atom. The minimum absolute atomic E-state index is 0.0484. The first-order valence-electron chi connectivity index (χ1n) is 10.9. The van der Waals surface area contributed by atoms with E-state index >= 15 is 0 Å². The number of ether oxygens (including phenoxy) is 1. The molecule has 0 heterocycles. The maximum atomic E-state index is 12.7. The first-order valence-corrected chi connectivity index (χ1v) is 10.9.